The van der Waals surface area contributed by atoms with Crippen LogP contribution in [0.2, 0.25) is 0 Å². The largest absolute Gasteiger partial charge is 1.00 e. The van der Waals surface area contributed by atoms with E-state index in [2.05, 4.69) is 81.5 Å². The van der Waals surface area contributed by atoms with Gasteiger partial charge in [-0.2, -0.15) is 0 Å². The molecule has 0 amide bonds. The van der Waals surface area contributed by atoms with E-state index in [0.29, 0.717) is 3.63 Å². The van der Waals surface area contributed by atoms with Crippen LogP contribution in [0, 0.1) is 0 Å². The molecule has 0 radical (unpaired) electrons. The number of rotatable bonds is 2. The minimum atomic E-state index is -1.90. The Bertz CT molecular complexity index is 841. The fraction of sp³-hybridized carbons (Fsp3) is 0.227. The van der Waals surface area contributed by atoms with Gasteiger partial charge in [0.25, 0.3) is 0 Å². The zero-order valence-corrected chi connectivity index (χ0v) is 18.8. The SMILES string of the molecule is CC1=CC[C]([Zr+2](=[C](C)C)[CH]2c3ccccc3-c3ccccc32)=C1.[Cl-].[Cl-]. The molecule has 0 unspecified atom stereocenters. The van der Waals surface area contributed by atoms with Gasteiger partial charge in [0.05, 0.1) is 0 Å². The van der Waals surface area contributed by atoms with Crippen molar-refractivity contribution in [3.63, 3.8) is 0 Å². The normalized spacial score (nSPS) is 14.2. The van der Waals surface area contributed by atoms with Gasteiger partial charge in [-0.3, -0.25) is 0 Å². The minimum Gasteiger partial charge on any atom is -1.00 e. The van der Waals surface area contributed by atoms with Crippen molar-refractivity contribution in [2.45, 2.75) is 30.8 Å². The first kappa shape index (κ1) is 20.6. The van der Waals surface area contributed by atoms with Crippen LogP contribution in [0.5, 0.6) is 0 Å². The molecule has 0 saturated heterocycles. The average molecular weight is 449 g/mol. The van der Waals surface area contributed by atoms with Crippen LogP contribution in [-0.2, 0) is 21.3 Å². The molecular formula is C22H22Cl2Zr. The maximum atomic E-state index is 2.49. The molecule has 0 fully saturated rings. The molecule has 2 aromatic carbocycles. The van der Waals surface area contributed by atoms with Crippen LogP contribution in [0.15, 0.2) is 69.5 Å². The van der Waals surface area contributed by atoms with Crippen molar-refractivity contribution in [2.24, 2.45) is 0 Å². The van der Waals surface area contributed by atoms with E-state index in [1.54, 1.807) is 17.6 Å². The molecule has 0 nitrogen and oxygen atoms in total. The smallest absolute Gasteiger partial charge is 1.00 e. The molecule has 0 aliphatic heterocycles. The average Bonchev–Trinajstić information content (AvgIpc) is 3.11. The molecule has 0 heterocycles. The monoisotopic (exact) mass is 446 g/mol. The Morgan fingerprint density at radius 2 is 1.40 bits per heavy atom. The fourth-order valence-corrected chi connectivity index (χ4v) is 12.5. The number of hydrogen-bond acceptors (Lipinski definition) is 0. The fourth-order valence-electron chi connectivity index (χ4n) is 4.11. The minimum absolute atomic E-state index is 0. The molecule has 0 spiro atoms. The molecule has 0 aromatic heterocycles. The van der Waals surface area contributed by atoms with Gasteiger partial charge < -0.3 is 24.8 Å². The van der Waals surface area contributed by atoms with Gasteiger partial charge in [0.15, 0.2) is 0 Å². The molecule has 0 saturated carbocycles. The second kappa shape index (κ2) is 8.30. The first-order chi connectivity index (χ1) is 11.2. The molecule has 2 aromatic rings. The molecule has 3 heteroatoms. The van der Waals surface area contributed by atoms with E-state index < -0.39 is 21.3 Å². The Morgan fingerprint density at radius 3 is 1.84 bits per heavy atom. The van der Waals surface area contributed by atoms with Gasteiger partial charge >= 0.3 is 147 Å². The summed E-state index contributed by atoms with van der Waals surface area (Å²) in [5, 5.41) is 0. The van der Waals surface area contributed by atoms with Crippen molar-refractivity contribution in [3.05, 3.63) is 80.7 Å². The maximum Gasteiger partial charge on any atom is -1.00 e. The summed E-state index contributed by atoms with van der Waals surface area (Å²) < 4.78 is 4.13. The zero-order valence-electron chi connectivity index (χ0n) is 14.8. The Labute approximate surface area is 171 Å². The topological polar surface area (TPSA) is 0 Å². The van der Waals surface area contributed by atoms with Crippen molar-refractivity contribution >= 4 is 3.21 Å². The molecule has 2 aliphatic carbocycles. The number of hydrogen-bond donors (Lipinski definition) is 0. The second-order valence-corrected chi connectivity index (χ2v) is 14.3. The van der Waals surface area contributed by atoms with Crippen LogP contribution < -0.4 is 24.8 Å². The van der Waals surface area contributed by atoms with Gasteiger partial charge in [0.2, 0.25) is 0 Å². The molecular weight excluding hydrogens is 426 g/mol. The van der Waals surface area contributed by atoms with E-state index in [4.69, 9.17) is 0 Å². The van der Waals surface area contributed by atoms with E-state index in [9.17, 15) is 0 Å². The summed E-state index contributed by atoms with van der Waals surface area (Å²) >= 11 is -1.90. The van der Waals surface area contributed by atoms with Crippen LogP contribution in [0.4, 0.5) is 0 Å². The third-order valence-electron chi connectivity index (χ3n) is 5.05. The predicted molar refractivity (Wildman–Crippen MR) is 96.5 cm³/mol. The quantitative estimate of drug-likeness (QED) is 0.599. The first-order valence-corrected chi connectivity index (χ1v) is 12.3. The second-order valence-electron chi connectivity index (χ2n) is 6.84. The van der Waals surface area contributed by atoms with Crippen LogP contribution in [0.1, 0.15) is 41.9 Å². The Kier molecular flexibility index (Phi) is 6.82. The van der Waals surface area contributed by atoms with Crippen LogP contribution >= 0.6 is 0 Å². The van der Waals surface area contributed by atoms with Gasteiger partial charge in [-0.15, -0.1) is 0 Å². The Morgan fingerprint density at radius 1 is 0.880 bits per heavy atom. The van der Waals surface area contributed by atoms with Gasteiger partial charge in [-0.1, -0.05) is 0 Å². The summed E-state index contributed by atoms with van der Waals surface area (Å²) in [6.45, 7) is 7.01. The van der Waals surface area contributed by atoms with Crippen molar-refractivity contribution in [1.82, 2.24) is 0 Å². The van der Waals surface area contributed by atoms with E-state index >= 15 is 0 Å². The number of fused-ring (bicyclic) bond motifs is 3. The van der Waals surface area contributed by atoms with Crippen molar-refractivity contribution in [2.75, 3.05) is 0 Å². The molecule has 0 N–H and O–H groups in total. The maximum absolute atomic E-state index is 2.49. The van der Waals surface area contributed by atoms with Crippen molar-refractivity contribution < 1.29 is 46.1 Å². The summed E-state index contributed by atoms with van der Waals surface area (Å²) in [6, 6.07) is 18.2. The van der Waals surface area contributed by atoms with E-state index in [-0.39, 0.29) is 24.8 Å². The van der Waals surface area contributed by atoms with Crippen LogP contribution in [-0.4, -0.2) is 3.21 Å². The Hall–Kier alpha value is -0.747. The Balaban J connectivity index is 0.00000113. The summed E-state index contributed by atoms with van der Waals surface area (Å²) in [7, 11) is 0. The van der Waals surface area contributed by atoms with Gasteiger partial charge in [0, 0.05) is 0 Å². The van der Waals surface area contributed by atoms with Crippen molar-refractivity contribution in [1.29, 1.82) is 0 Å². The van der Waals surface area contributed by atoms with E-state index in [1.807, 2.05) is 0 Å². The third kappa shape index (κ3) is 3.57. The van der Waals surface area contributed by atoms with Gasteiger partial charge in [0.1, 0.15) is 0 Å². The summed E-state index contributed by atoms with van der Waals surface area (Å²) in [4.78, 5) is 0. The summed E-state index contributed by atoms with van der Waals surface area (Å²) in [6.07, 6.45) is 6.09. The van der Waals surface area contributed by atoms with Gasteiger partial charge in [-0.25, -0.2) is 0 Å². The van der Waals surface area contributed by atoms with Crippen molar-refractivity contribution in [3.8, 4) is 11.1 Å². The van der Waals surface area contributed by atoms with E-state index in [1.165, 1.54) is 23.1 Å². The van der Waals surface area contributed by atoms with Crippen LogP contribution in [0.3, 0.4) is 0 Å². The molecule has 25 heavy (non-hydrogen) atoms. The standard InChI is InChI=1S/C13H9.C6H7.C3H6.2ClH.Zr/c1-3-7-12-10(5-1)9-11-6-2-4-8-13(11)12;1-6-4-2-3-5-6;1-3-2;;;/h1-9H;4-5H,2H2,1H3;1-2H3;2*1H;/q;;;;;+2/p-2. The van der Waals surface area contributed by atoms with Gasteiger partial charge in [-0.05, 0) is 0 Å². The molecule has 2 aliphatic rings. The number of benzene rings is 2. The molecule has 0 atom stereocenters. The molecule has 128 valence electrons. The third-order valence-corrected chi connectivity index (χ3v) is 13.2. The van der Waals surface area contributed by atoms with Crippen LogP contribution in [0.25, 0.3) is 11.1 Å². The van der Waals surface area contributed by atoms with E-state index in [0.717, 1.165) is 0 Å². The predicted octanol–water partition coefficient (Wildman–Crippen LogP) is -0.171. The first-order valence-electron chi connectivity index (χ1n) is 8.40. The zero-order chi connectivity index (χ0) is 16.0. The number of halogens is 2. The number of allylic oxidation sites excluding steroid dienone is 4. The molecule has 0 bridgehead atoms. The summed E-state index contributed by atoms with van der Waals surface area (Å²) in [5.41, 5.74) is 7.55. The summed E-state index contributed by atoms with van der Waals surface area (Å²) in [5.74, 6) is 0. The molecule has 4 rings (SSSR count).